The van der Waals surface area contributed by atoms with E-state index in [0.29, 0.717) is 31.7 Å². The number of carbonyl (C=O) groups excluding carboxylic acids is 1. The van der Waals surface area contributed by atoms with Crippen LogP contribution in [0, 0.1) is 5.92 Å². The summed E-state index contributed by atoms with van der Waals surface area (Å²) in [6.07, 6.45) is -2.56. The molecule has 2 rings (SSSR count). The van der Waals surface area contributed by atoms with E-state index in [1.807, 2.05) is 0 Å². The third kappa shape index (κ3) is 3.37. The minimum absolute atomic E-state index is 0.0126. The van der Waals surface area contributed by atoms with Crippen LogP contribution in [0.4, 0.5) is 24.7 Å². The first-order chi connectivity index (χ1) is 9.82. The lowest BCUT2D eigenvalue weighted by Crippen LogP contribution is -2.37. The Hall–Kier alpha value is -1.99. The Balaban J connectivity index is 2.09. The van der Waals surface area contributed by atoms with Crippen LogP contribution >= 0.6 is 0 Å². The van der Waals surface area contributed by atoms with Crippen LogP contribution in [0.2, 0.25) is 0 Å². The molecule has 0 unspecified atom stereocenters. The number of hydrogen-bond donors (Lipinski definition) is 1. The molecule has 8 heteroatoms. The van der Waals surface area contributed by atoms with Crippen molar-refractivity contribution in [2.75, 3.05) is 30.8 Å². The number of ether oxygens (including phenoxy) is 1. The van der Waals surface area contributed by atoms with E-state index < -0.39 is 11.7 Å². The molecule has 1 aromatic heterocycles. The van der Waals surface area contributed by atoms with Gasteiger partial charge in [0.05, 0.1) is 24.3 Å². The standard InChI is InChI=1S/C13H16F3N3O2/c1-21-12(20)8-2-4-19(5-3-8)11-10(17)6-9(7-18-11)13(14,15)16/h6-8H,2-5,17H2,1H3. The highest BCUT2D eigenvalue weighted by Gasteiger charge is 2.32. The van der Waals surface area contributed by atoms with Crippen LogP contribution in [0.1, 0.15) is 18.4 Å². The zero-order chi connectivity index (χ0) is 15.6. The number of methoxy groups -OCH3 is 1. The van der Waals surface area contributed by atoms with Crippen LogP contribution in [0.25, 0.3) is 0 Å². The first-order valence-electron chi connectivity index (χ1n) is 6.48. The second kappa shape index (κ2) is 5.79. The lowest BCUT2D eigenvalue weighted by molar-refractivity contribution is -0.146. The average Bonchev–Trinajstić information content (AvgIpc) is 2.45. The summed E-state index contributed by atoms with van der Waals surface area (Å²) in [5.74, 6) is -0.115. The second-order valence-corrected chi connectivity index (χ2v) is 4.92. The number of piperidine rings is 1. The largest absolute Gasteiger partial charge is 0.469 e. The molecule has 1 aliphatic rings. The van der Waals surface area contributed by atoms with Crippen molar-refractivity contribution in [1.29, 1.82) is 0 Å². The molecule has 2 heterocycles. The molecule has 5 nitrogen and oxygen atoms in total. The number of nitrogens with two attached hydrogens (primary N) is 1. The third-order valence-corrected chi connectivity index (χ3v) is 3.55. The molecule has 0 radical (unpaired) electrons. The Morgan fingerprint density at radius 3 is 2.52 bits per heavy atom. The van der Waals surface area contributed by atoms with E-state index in [-0.39, 0.29) is 17.6 Å². The van der Waals surface area contributed by atoms with Gasteiger partial charge >= 0.3 is 12.1 Å². The number of nitrogens with zero attached hydrogens (tertiary/aromatic N) is 2. The summed E-state index contributed by atoms with van der Waals surface area (Å²) >= 11 is 0. The quantitative estimate of drug-likeness (QED) is 0.847. The van der Waals surface area contributed by atoms with Crippen LogP contribution in [0.3, 0.4) is 0 Å². The van der Waals surface area contributed by atoms with Crippen molar-refractivity contribution >= 4 is 17.5 Å². The minimum atomic E-state index is -4.46. The summed E-state index contributed by atoms with van der Waals surface area (Å²) in [5.41, 5.74) is 4.79. The van der Waals surface area contributed by atoms with Gasteiger partial charge in [-0.15, -0.1) is 0 Å². The van der Waals surface area contributed by atoms with Gasteiger partial charge in [0, 0.05) is 19.3 Å². The molecule has 1 aromatic rings. The van der Waals surface area contributed by atoms with E-state index in [2.05, 4.69) is 9.72 Å². The van der Waals surface area contributed by atoms with E-state index in [0.717, 1.165) is 12.3 Å². The fourth-order valence-electron chi connectivity index (χ4n) is 2.39. The molecule has 0 amide bonds. The van der Waals surface area contributed by atoms with Gasteiger partial charge in [-0.1, -0.05) is 0 Å². The predicted octanol–water partition coefficient (Wildman–Crippen LogP) is 2.07. The number of esters is 1. The van der Waals surface area contributed by atoms with Gasteiger partial charge in [-0.3, -0.25) is 4.79 Å². The minimum Gasteiger partial charge on any atom is -0.469 e. The maximum atomic E-state index is 12.6. The van der Waals surface area contributed by atoms with Gasteiger partial charge in [-0.05, 0) is 18.9 Å². The molecule has 1 fully saturated rings. The van der Waals surface area contributed by atoms with E-state index in [1.54, 1.807) is 4.90 Å². The second-order valence-electron chi connectivity index (χ2n) is 4.92. The van der Waals surface area contributed by atoms with E-state index in [1.165, 1.54) is 7.11 Å². The molecule has 1 saturated heterocycles. The van der Waals surface area contributed by atoms with Crippen molar-refractivity contribution in [2.45, 2.75) is 19.0 Å². The van der Waals surface area contributed by atoms with Crippen LogP contribution in [-0.2, 0) is 15.7 Å². The number of aromatic nitrogens is 1. The Kier molecular flexibility index (Phi) is 4.24. The molecule has 0 aliphatic carbocycles. The monoisotopic (exact) mass is 303 g/mol. The van der Waals surface area contributed by atoms with Crippen molar-refractivity contribution in [2.24, 2.45) is 5.92 Å². The highest BCUT2D eigenvalue weighted by molar-refractivity contribution is 5.73. The maximum absolute atomic E-state index is 12.6. The molecule has 0 saturated carbocycles. The smallest absolute Gasteiger partial charge is 0.417 e. The van der Waals surface area contributed by atoms with Gasteiger partial charge in [-0.25, -0.2) is 4.98 Å². The first-order valence-corrected chi connectivity index (χ1v) is 6.48. The lowest BCUT2D eigenvalue weighted by Gasteiger charge is -2.32. The molecule has 21 heavy (non-hydrogen) atoms. The summed E-state index contributed by atoms with van der Waals surface area (Å²) in [5, 5.41) is 0. The number of hydrogen-bond acceptors (Lipinski definition) is 5. The van der Waals surface area contributed by atoms with Gasteiger partial charge in [0.2, 0.25) is 0 Å². The summed E-state index contributed by atoms with van der Waals surface area (Å²) in [6.45, 7) is 1.00. The molecule has 0 bridgehead atoms. The fourth-order valence-corrected chi connectivity index (χ4v) is 2.39. The zero-order valence-corrected chi connectivity index (χ0v) is 11.5. The van der Waals surface area contributed by atoms with Crippen molar-refractivity contribution in [3.63, 3.8) is 0 Å². The molecular weight excluding hydrogens is 287 g/mol. The van der Waals surface area contributed by atoms with Crippen molar-refractivity contribution in [3.05, 3.63) is 17.8 Å². The lowest BCUT2D eigenvalue weighted by atomic mass is 9.97. The third-order valence-electron chi connectivity index (χ3n) is 3.55. The van der Waals surface area contributed by atoms with Crippen LogP contribution in [-0.4, -0.2) is 31.2 Å². The molecule has 2 N–H and O–H groups in total. The fraction of sp³-hybridized carbons (Fsp3) is 0.538. The van der Waals surface area contributed by atoms with Crippen molar-refractivity contribution in [1.82, 2.24) is 4.98 Å². The molecule has 0 atom stereocenters. The van der Waals surface area contributed by atoms with Crippen LogP contribution < -0.4 is 10.6 Å². The predicted molar refractivity (Wildman–Crippen MR) is 70.6 cm³/mol. The van der Waals surface area contributed by atoms with Gasteiger partial charge in [0.25, 0.3) is 0 Å². The summed E-state index contributed by atoms with van der Waals surface area (Å²) in [4.78, 5) is 17.0. The van der Waals surface area contributed by atoms with Gasteiger partial charge in [0.15, 0.2) is 5.82 Å². The van der Waals surface area contributed by atoms with Crippen molar-refractivity contribution in [3.8, 4) is 0 Å². The van der Waals surface area contributed by atoms with Gasteiger partial charge in [0.1, 0.15) is 0 Å². The SMILES string of the molecule is COC(=O)C1CCN(c2ncc(C(F)(F)F)cc2N)CC1. The number of anilines is 2. The molecule has 0 aromatic carbocycles. The number of alkyl halides is 3. The topological polar surface area (TPSA) is 68.5 Å². The first kappa shape index (κ1) is 15.4. The number of rotatable bonds is 2. The Morgan fingerprint density at radius 2 is 2.05 bits per heavy atom. The van der Waals surface area contributed by atoms with Crippen LogP contribution in [0.15, 0.2) is 12.3 Å². The summed E-state index contributed by atoms with van der Waals surface area (Å²) in [6, 6.07) is 0.884. The molecule has 0 spiro atoms. The Labute approximate surface area is 119 Å². The normalized spacial score (nSPS) is 16.9. The number of carbonyl (C=O) groups is 1. The van der Waals surface area contributed by atoms with E-state index in [9.17, 15) is 18.0 Å². The maximum Gasteiger partial charge on any atom is 0.417 e. The van der Waals surface area contributed by atoms with Crippen LogP contribution in [0.5, 0.6) is 0 Å². The average molecular weight is 303 g/mol. The highest BCUT2D eigenvalue weighted by atomic mass is 19.4. The van der Waals surface area contributed by atoms with Gasteiger partial charge in [-0.2, -0.15) is 13.2 Å². The van der Waals surface area contributed by atoms with Gasteiger partial charge < -0.3 is 15.4 Å². The number of nitrogen functional groups attached to an aromatic ring is 1. The zero-order valence-electron chi connectivity index (χ0n) is 11.5. The number of halogens is 3. The Bertz CT molecular complexity index is 526. The molecule has 1 aliphatic heterocycles. The van der Waals surface area contributed by atoms with E-state index in [4.69, 9.17) is 5.73 Å². The van der Waals surface area contributed by atoms with E-state index >= 15 is 0 Å². The summed E-state index contributed by atoms with van der Waals surface area (Å²) in [7, 11) is 1.34. The summed E-state index contributed by atoms with van der Waals surface area (Å²) < 4.78 is 42.4. The number of pyridine rings is 1. The molecule has 116 valence electrons. The Morgan fingerprint density at radius 1 is 1.43 bits per heavy atom. The van der Waals surface area contributed by atoms with Crippen molar-refractivity contribution < 1.29 is 22.7 Å². The highest BCUT2D eigenvalue weighted by Crippen LogP contribution is 2.33. The molecular formula is C13H16F3N3O2.